The smallest absolute Gasteiger partial charge is 0.0892 e. The SMILES string of the molecule is CNC1=C(NCNSCC/C(O)=C\CC(C)OC)CCCC1. The molecule has 1 rings (SSSR count). The fourth-order valence-corrected chi connectivity index (χ4v) is 2.93. The van der Waals surface area contributed by atoms with E-state index in [-0.39, 0.29) is 6.10 Å². The van der Waals surface area contributed by atoms with Crippen LogP contribution in [0.5, 0.6) is 0 Å². The largest absolute Gasteiger partial charge is 0.513 e. The molecule has 5 nitrogen and oxygen atoms in total. The summed E-state index contributed by atoms with van der Waals surface area (Å²) in [5, 5.41) is 16.5. The van der Waals surface area contributed by atoms with Crippen LogP contribution in [-0.2, 0) is 4.74 Å². The van der Waals surface area contributed by atoms with Gasteiger partial charge in [-0.25, -0.2) is 4.72 Å². The summed E-state index contributed by atoms with van der Waals surface area (Å²) in [7, 11) is 3.67. The molecule has 1 atom stereocenters. The van der Waals surface area contributed by atoms with E-state index in [1.165, 1.54) is 24.2 Å². The molecule has 0 bridgehead atoms. The minimum atomic E-state index is 0.155. The first-order chi connectivity index (χ1) is 10.7. The van der Waals surface area contributed by atoms with Crippen LogP contribution in [-0.4, -0.2) is 37.8 Å². The molecule has 0 aromatic carbocycles. The lowest BCUT2D eigenvalue weighted by Gasteiger charge is -2.21. The molecule has 0 heterocycles. The number of aliphatic hydroxyl groups is 1. The van der Waals surface area contributed by atoms with Crippen LogP contribution in [0.25, 0.3) is 0 Å². The fraction of sp³-hybridized carbons (Fsp3) is 0.750. The van der Waals surface area contributed by atoms with Crippen molar-refractivity contribution in [1.82, 2.24) is 15.4 Å². The Kier molecular flexibility index (Phi) is 10.2. The number of nitrogens with one attached hydrogen (secondary N) is 3. The number of allylic oxidation sites excluding steroid dienone is 3. The maximum absolute atomic E-state index is 9.75. The third kappa shape index (κ3) is 7.96. The lowest BCUT2D eigenvalue weighted by Crippen LogP contribution is -2.28. The zero-order chi connectivity index (χ0) is 16.2. The molecule has 22 heavy (non-hydrogen) atoms. The van der Waals surface area contributed by atoms with Crippen molar-refractivity contribution in [3.8, 4) is 0 Å². The standard InChI is InChI=1S/C16H31N3O2S/c1-13(21-3)8-9-14(20)10-11-22-19-12-18-16-7-5-4-6-15(16)17-2/h9,13,17-20H,4-8,10-12H2,1-3H3/b14-9+. The first-order valence-corrected chi connectivity index (χ1v) is 9.05. The van der Waals surface area contributed by atoms with Crippen LogP contribution in [0.2, 0.25) is 0 Å². The highest BCUT2D eigenvalue weighted by Gasteiger charge is 2.10. The molecule has 0 radical (unpaired) electrons. The van der Waals surface area contributed by atoms with Crippen LogP contribution in [0.15, 0.2) is 23.2 Å². The Morgan fingerprint density at radius 1 is 1.36 bits per heavy atom. The predicted molar refractivity (Wildman–Crippen MR) is 94.6 cm³/mol. The minimum Gasteiger partial charge on any atom is -0.513 e. The van der Waals surface area contributed by atoms with Gasteiger partial charge in [0.25, 0.3) is 0 Å². The molecule has 1 aliphatic rings. The Labute approximate surface area is 139 Å². The monoisotopic (exact) mass is 329 g/mol. The maximum Gasteiger partial charge on any atom is 0.0892 e. The number of hydrogen-bond acceptors (Lipinski definition) is 6. The van der Waals surface area contributed by atoms with Gasteiger partial charge in [-0.1, -0.05) is 11.9 Å². The summed E-state index contributed by atoms with van der Waals surface area (Å²) < 4.78 is 8.43. The summed E-state index contributed by atoms with van der Waals surface area (Å²) in [4.78, 5) is 0. The number of methoxy groups -OCH3 is 1. The predicted octanol–water partition coefficient (Wildman–Crippen LogP) is 3.03. The molecule has 0 aromatic heterocycles. The van der Waals surface area contributed by atoms with E-state index in [0.29, 0.717) is 12.2 Å². The topological polar surface area (TPSA) is 65.5 Å². The van der Waals surface area contributed by atoms with Gasteiger partial charge in [-0.3, -0.25) is 0 Å². The minimum absolute atomic E-state index is 0.155. The Bertz CT molecular complexity index is 372. The van der Waals surface area contributed by atoms with Gasteiger partial charge in [-0.2, -0.15) is 0 Å². The van der Waals surface area contributed by atoms with Crippen molar-refractivity contribution in [3.05, 3.63) is 23.2 Å². The van der Waals surface area contributed by atoms with Gasteiger partial charge in [-0.05, 0) is 45.1 Å². The zero-order valence-electron chi connectivity index (χ0n) is 14.1. The van der Waals surface area contributed by atoms with Crippen LogP contribution in [0.1, 0.15) is 45.4 Å². The molecule has 0 aromatic rings. The Morgan fingerprint density at radius 2 is 2.09 bits per heavy atom. The highest BCUT2D eigenvalue weighted by molar-refractivity contribution is 7.97. The summed E-state index contributed by atoms with van der Waals surface area (Å²) in [6.45, 7) is 2.74. The zero-order valence-corrected chi connectivity index (χ0v) is 14.9. The summed E-state index contributed by atoms with van der Waals surface area (Å²) in [6.07, 6.45) is 8.24. The Balaban J connectivity index is 2.09. The number of hydrogen-bond donors (Lipinski definition) is 4. The lowest BCUT2D eigenvalue weighted by atomic mass is 10.0. The van der Waals surface area contributed by atoms with Crippen molar-refractivity contribution >= 4 is 11.9 Å². The molecule has 0 spiro atoms. The van der Waals surface area contributed by atoms with Crippen molar-refractivity contribution < 1.29 is 9.84 Å². The lowest BCUT2D eigenvalue weighted by molar-refractivity contribution is 0.120. The van der Waals surface area contributed by atoms with Crippen molar-refractivity contribution in [3.63, 3.8) is 0 Å². The molecule has 0 aliphatic heterocycles. The van der Waals surface area contributed by atoms with E-state index in [9.17, 15) is 5.11 Å². The first kappa shape index (κ1) is 19.2. The molecule has 0 amide bonds. The molecule has 0 saturated heterocycles. The van der Waals surface area contributed by atoms with Gasteiger partial charge in [0, 0.05) is 37.7 Å². The van der Waals surface area contributed by atoms with Crippen LogP contribution >= 0.6 is 11.9 Å². The van der Waals surface area contributed by atoms with E-state index in [1.54, 1.807) is 19.1 Å². The quantitative estimate of drug-likeness (QED) is 0.202. The van der Waals surface area contributed by atoms with E-state index in [2.05, 4.69) is 15.4 Å². The second-order valence-corrected chi connectivity index (χ2v) is 6.47. The van der Waals surface area contributed by atoms with Crippen molar-refractivity contribution in [2.45, 2.75) is 51.6 Å². The van der Waals surface area contributed by atoms with Gasteiger partial charge in [0.2, 0.25) is 0 Å². The van der Waals surface area contributed by atoms with Crippen molar-refractivity contribution in [1.29, 1.82) is 0 Å². The summed E-state index contributed by atoms with van der Waals surface area (Å²) >= 11 is 1.63. The highest BCUT2D eigenvalue weighted by Crippen LogP contribution is 2.20. The first-order valence-electron chi connectivity index (χ1n) is 8.06. The molecule has 0 saturated carbocycles. The van der Waals surface area contributed by atoms with Gasteiger partial charge < -0.3 is 20.5 Å². The molecule has 128 valence electrons. The van der Waals surface area contributed by atoms with Gasteiger partial charge in [0.1, 0.15) is 0 Å². The van der Waals surface area contributed by atoms with Crippen LogP contribution in [0, 0.1) is 0 Å². The van der Waals surface area contributed by atoms with Gasteiger partial charge in [-0.15, -0.1) is 0 Å². The van der Waals surface area contributed by atoms with E-state index < -0.39 is 0 Å². The average molecular weight is 330 g/mol. The summed E-state index contributed by atoms with van der Waals surface area (Å²) in [5.74, 6) is 1.29. The van der Waals surface area contributed by atoms with E-state index in [0.717, 1.165) is 31.7 Å². The average Bonchev–Trinajstić information content (AvgIpc) is 2.55. The van der Waals surface area contributed by atoms with Gasteiger partial charge in [0.05, 0.1) is 18.5 Å². The molecule has 4 N–H and O–H groups in total. The second kappa shape index (κ2) is 11.7. The fourth-order valence-electron chi connectivity index (χ4n) is 2.30. The van der Waals surface area contributed by atoms with Crippen LogP contribution < -0.4 is 15.4 Å². The van der Waals surface area contributed by atoms with E-state index in [4.69, 9.17) is 4.74 Å². The molecule has 0 fully saturated rings. The molecule has 1 aliphatic carbocycles. The third-order valence-corrected chi connectivity index (χ3v) is 4.55. The summed E-state index contributed by atoms with van der Waals surface area (Å²) in [5.41, 5.74) is 2.67. The second-order valence-electron chi connectivity index (χ2n) is 5.49. The molecule has 6 heteroatoms. The van der Waals surface area contributed by atoms with Crippen molar-refractivity contribution in [2.75, 3.05) is 26.6 Å². The van der Waals surface area contributed by atoms with Crippen LogP contribution in [0.3, 0.4) is 0 Å². The Hall–Kier alpha value is -0.850. The number of ether oxygens (including phenoxy) is 1. The van der Waals surface area contributed by atoms with Crippen LogP contribution in [0.4, 0.5) is 0 Å². The van der Waals surface area contributed by atoms with E-state index in [1.807, 2.05) is 20.0 Å². The van der Waals surface area contributed by atoms with Gasteiger partial charge in [0.15, 0.2) is 0 Å². The summed E-state index contributed by atoms with van der Waals surface area (Å²) in [6, 6.07) is 0. The molecular formula is C16H31N3O2S. The third-order valence-electron chi connectivity index (χ3n) is 3.79. The number of rotatable bonds is 11. The van der Waals surface area contributed by atoms with Gasteiger partial charge >= 0.3 is 0 Å². The normalized spacial score (nSPS) is 17.5. The molecular weight excluding hydrogens is 298 g/mol. The maximum atomic E-state index is 9.75. The number of aliphatic hydroxyl groups excluding tert-OH is 1. The van der Waals surface area contributed by atoms with E-state index >= 15 is 0 Å². The van der Waals surface area contributed by atoms with Crippen molar-refractivity contribution in [2.24, 2.45) is 0 Å². The highest BCUT2D eigenvalue weighted by atomic mass is 32.2. The Morgan fingerprint density at radius 3 is 2.77 bits per heavy atom. The molecule has 1 unspecified atom stereocenters.